The molecule has 1 atom stereocenters. The Hall–Kier alpha value is -2.71. The number of aliphatic hydroxyl groups is 1. The number of aryl methyl sites for hydroxylation is 1. The van der Waals surface area contributed by atoms with Crippen LogP contribution >= 0.6 is 0 Å². The SMILES string of the molecule is COc1ccc2ncc(C)c([C@H](F)CCC3(CO)CCN(CCCc4c(F)cc(F)cc4F)CC3)c2c1. The first kappa shape index (κ1) is 27.3. The molecule has 4 nitrogen and oxygen atoms in total. The predicted octanol–water partition coefficient (Wildman–Crippen LogP) is 6.47. The Morgan fingerprint density at radius 3 is 2.46 bits per heavy atom. The molecule has 1 N–H and O–H groups in total. The molecule has 0 radical (unpaired) electrons. The summed E-state index contributed by atoms with van der Waals surface area (Å²) in [6, 6.07) is 6.87. The molecule has 4 rings (SSSR count). The van der Waals surface area contributed by atoms with Gasteiger partial charge in [-0.25, -0.2) is 17.6 Å². The zero-order chi connectivity index (χ0) is 26.6. The molecule has 2 aromatic carbocycles. The monoisotopic (exact) mass is 518 g/mol. The van der Waals surface area contributed by atoms with Crippen LogP contribution in [0.1, 0.15) is 55.0 Å². The summed E-state index contributed by atoms with van der Waals surface area (Å²) >= 11 is 0. The van der Waals surface area contributed by atoms with Gasteiger partial charge >= 0.3 is 0 Å². The van der Waals surface area contributed by atoms with Gasteiger partial charge in [-0.3, -0.25) is 4.98 Å². The van der Waals surface area contributed by atoms with E-state index < -0.39 is 23.6 Å². The number of benzene rings is 2. The summed E-state index contributed by atoms with van der Waals surface area (Å²) in [5.41, 5.74) is 1.68. The fourth-order valence-corrected chi connectivity index (χ4v) is 5.44. The standard InChI is InChI=1S/C29H34F4N2O2/c1-19-17-34-27-6-5-21(37-2)16-23(27)28(19)24(31)7-8-29(18-36)9-12-35(13-10-29)11-3-4-22-25(32)14-20(30)15-26(22)33/h5-6,14-17,24,36H,3-4,7-13,18H2,1-2H3/t24-/m1/s1. The molecule has 37 heavy (non-hydrogen) atoms. The lowest BCUT2D eigenvalue weighted by Crippen LogP contribution is -2.42. The molecule has 1 aromatic heterocycles. The van der Waals surface area contributed by atoms with Crippen molar-refractivity contribution in [2.75, 3.05) is 33.4 Å². The number of methoxy groups -OCH3 is 1. The van der Waals surface area contributed by atoms with Crippen molar-refractivity contribution in [3.63, 3.8) is 0 Å². The van der Waals surface area contributed by atoms with Gasteiger partial charge in [0, 0.05) is 35.9 Å². The van der Waals surface area contributed by atoms with E-state index in [1.807, 2.05) is 25.1 Å². The number of rotatable bonds is 10. The van der Waals surface area contributed by atoms with Crippen LogP contribution in [0, 0.1) is 29.8 Å². The molecule has 1 aliphatic heterocycles. The van der Waals surface area contributed by atoms with E-state index in [1.54, 1.807) is 13.3 Å². The number of hydrogen-bond acceptors (Lipinski definition) is 4. The second kappa shape index (κ2) is 11.8. The third-order valence-corrected chi connectivity index (χ3v) is 7.82. The van der Waals surface area contributed by atoms with Crippen LogP contribution in [0.3, 0.4) is 0 Å². The average molecular weight is 519 g/mol. The Kier molecular flexibility index (Phi) is 8.70. The van der Waals surface area contributed by atoms with Gasteiger partial charge in [0.15, 0.2) is 0 Å². The lowest BCUT2D eigenvalue weighted by Gasteiger charge is -2.41. The molecule has 3 aromatic rings. The lowest BCUT2D eigenvalue weighted by molar-refractivity contribution is 0.0299. The van der Waals surface area contributed by atoms with Crippen molar-refractivity contribution in [2.24, 2.45) is 5.41 Å². The number of aliphatic hydroxyl groups excluding tert-OH is 1. The normalized spacial score (nSPS) is 16.7. The highest BCUT2D eigenvalue weighted by molar-refractivity contribution is 5.84. The molecule has 0 aliphatic carbocycles. The van der Waals surface area contributed by atoms with Gasteiger partial charge in [-0.05, 0) is 99.8 Å². The van der Waals surface area contributed by atoms with E-state index >= 15 is 4.39 Å². The third kappa shape index (κ3) is 6.24. The van der Waals surface area contributed by atoms with Crippen molar-refractivity contribution in [1.29, 1.82) is 0 Å². The summed E-state index contributed by atoms with van der Waals surface area (Å²) in [4.78, 5) is 6.62. The highest BCUT2D eigenvalue weighted by Gasteiger charge is 2.35. The number of likely N-dealkylation sites (tertiary alicyclic amines) is 1. The summed E-state index contributed by atoms with van der Waals surface area (Å²) in [6.45, 7) is 3.94. The molecule has 0 saturated carbocycles. The van der Waals surface area contributed by atoms with E-state index in [9.17, 15) is 18.3 Å². The first-order chi connectivity index (χ1) is 17.7. The summed E-state index contributed by atoms with van der Waals surface area (Å²) < 4.78 is 61.9. The second-order valence-electron chi connectivity index (χ2n) is 10.2. The quantitative estimate of drug-likeness (QED) is 0.313. The third-order valence-electron chi connectivity index (χ3n) is 7.82. The Morgan fingerprint density at radius 2 is 1.81 bits per heavy atom. The largest absolute Gasteiger partial charge is 0.497 e. The summed E-state index contributed by atoms with van der Waals surface area (Å²) in [5, 5.41) is 11.0. The highest BCUT2D eigenvalue weighted by atomic mass is 19.1. The van der Waals surface area contributed by atoms with Crippen LogP contribution < -0.4 is 4.74 Å². The molecule has 0 amide bonds. The van der Waals surface area contributed by atoms with Crippen molar-refractivity contribution in [3.05, 3.63) is 70.7 Å². The Morgan fingerprint density at radius 1 is 1.11 bits per heavy atom. The van der Waals surface area contributed by atoms with E-state index in [0.29, 0.717) is 49.3 Å². The molecule has 2 heterocycles. The smallest absolute Gasteiger partial charge is 0.132 e. The second-order valence-corrected chi connectivity index (χ2v) is 10.2. The maximum Gasteiger partial charge on any atom is 0.132 e. The van der Waals surface area contributed by atoms with Crippen molar-refractivity contribution in [2.45, 2.75) is 51.6 Å². The topological polar surface area (TPSA) is 45.6 Å². The maximum atomic E-state index is 15.7. The van der Waals surface area contributed by atoms with Gasteiger partial charge in [-0.15, -0.1) is 0 Å². The van der Waals surface area contributed by atoms with E-state index in [1.165, 1.54) is 0 Å². The number of aromatic nitrogens is 1. The van der Waals surface area contributed by atoms with Gasteiger partial charge in [0.25, 0.3) is 0 Å². The van der Waals surface area contributed by atoms with E-state index in [2.05, 4.69) is 9.88 Å². The van der Waals surface area contributed by atoms with Crippen LogP contribution in [0.5, 0.6) is 5.75 Å². The molecular formula is C29H34F4N2O2. The van der Waals surface area contributed by atoms with Crippen LogP contribution in [-0.2, 0) is 6.42 Å². The Labute approximate surface area is 215 Å². The van der Waals surface area contributed by atoms with Gasteiger partial charge in [0.1, 0.15) is 29.4 Å². The number of halogens is 4. The average Bonchev–Trinajstić information content (AvgIpc) is 2.89. The minimum Gasteiger partial charge on any atom is -0.497 e. The summed E-state index contributed by atoms with van der Waals surface area (Å²) in [6.07, 6.45) is 3.51. The molecule has 0 unspecified atom stereocenters. The van der Waals surface area contributed by atoms with Crippen LogP contribution in [-0.4, -0.2) is 48.3 Å². The molecule has 1 aliphatic rings. The number of fused-ring (bicyclic) bond motifs is 1. The van der Waals surface area contributed by atoms with Gasteiger partial charge < -0.3 is 14.7 Å². The molecular weight excluding hydrogens is 484 g/mol. The number of nitrogens with zero attached hydrogens (tertiary/aromatic N) is 2. The van der Waals surface area contributed by atoms with Gasteiger partial charge in [-0.1, -0.05) is 0 Å². The van der Waals surface area contributed by atoms with Gasteiger partial charge in [-0.2, -0.15) is 0 Å². The van der Waals surface area contributed by atoms with Crippen LogP contribution in [0.25, 0.3) is 10.9 Å². The first-order valence-corrected chi connectivity index (χ1v) is 12.8. The van der Waals surface area contributed by atoms with Gasteiger partial charge in [0.05, 0.1) is 12.6 Å². The zero-order valence-electron chi connectivity index (χ0n) is 21.4. The van der Waals surface area contributed by atoms with Crippen molar-refractivity contribution >= 4 is 10.9 Å². The predicted molar refractivity (Wildman–Crippen MR) is 136 cm³/mol. The van der Waals surface area contributed by atoms with Crippen LogP contribution in [0.15, 0.2) is 36.5 Å². The van der Waals surface area contributed by atoms with Crippen LogP contribution in [0.4, 0.5) is 17.6 Å². The highest BCUT2D eigenvalue weighted by Crippen LogP contribution is 2.41. The minimum atomic E-state index is -1.19. The van der Waals surface area contributed by atoms with Crippen molar-refractivity contribution in [3.8, 4) is 5.75 Å². The number of ether oxygens (including phenoxy) is 1. The summed E-state index contributed by atoms with van der Waals surface area (Å²) in [7, 11) is 1.58. The number of hydrogen-bond donors (Lipinski definition) is 1. The molecule has 200 valence electrons. The molecule has 8 heteroatoms. The molecule has 1 fully saturated rings. The minimum absolute atomic E-state index is 0.0105. The van der Waals surface area contributed by atoms with Crippen LogP contribution in [0.2, 0.25) is 0 Å². The lowest BCUT2D eigenvalue weighted by atomic mass is 9.74. The Balaban J connectivity index is 1.33. The maximum absolute atomic E-state index is 15.7. The number of alkyl halides is 1. The number of pyridine rings is 1. The van der Waals surface area contributed by atoms with Crippen molar-refractivity contribution in [1.82, 2.24) is 9.88 Å². The van der Waals surface area contributed by atoms with E-state index in [0.717, 1.165) is 42.4 Å². The molecule has 1 saturated heterocycles. The fraction of sp³-hybridized carbons (Fsp3) is 0.483. The molecule has 0 spiro atoms. The van der Waals surface area contributed by atoms with E-state index in [4.69, 9.17) is 4.74 Å². The number of piperidine rings is 1. The van der Waals surface area contributed by atoms with E-state index in [-0.39, 0.29) is 24.0 Å². The summed E-state index contributed by atoms with van der Waals surface area (Å²) in [5.74, 6) is -1.98. The zero-order valence-corrected chi connectivity index (χ0v) is 21.4. The Bertz CT molecular complexity index is 1200. The first-order valence-electron chi connectivity index (χ1n) is 12.8. The van der Waals surface area contributed by atoms with Gasteiger partial charge in [0.2, 0.25) is 0 Å². The molecule has 0 bridgehead atoms. The van der Waals surface area contributed by atoms with Crippen molar-refractivity contribution < 1.29 is 27.4 Å². The fourth-order valence-electron chi connectivity index (χ4n) is 5.44.